The smallest absolute Gasteiger partial charge is 0.273 e. The summed E-state index contributed by atoms with van der Waals surface area (Å²) in [5.74, 6) is 0.874. The van der Waals surface area contributed by atoms with Crippen LogP contribution < -0.4 is 10.1 Å². The summed E-state index contributed by atoms with van der Waals surface area (Å²) >= 11 is 0. The summed E-state index contributed by atoms with van der Waals surface area (Å²) in [7, 11) is 2.93. The molecule has 0 unspecified atom stereocenters. The largest absolute Gasteiger partial charge is 0.457 e. The molecule has 0 saturated heterocycles. The molecule has 1 amide bonds. The Labute approximate surface area is 129 Å². The fourth-order valence-corrected chi connectivity index (χ4v) is 1.91. The SMILES string of the molecule is CNC(=O)/C(=N/OC)c1ccccc1Oc1ccc(C)cc1. The Morgan fingerprint density at radius 3 is 2.41 bits per heavy atom. The minimum atomic E-state index is -0.346. The van der Waals surface area contributed by atoms with E-state index >= 15 is 0 Å². The summed E-state index contributed by atoms with van der Waals surface area (Å²) < 4.78 is 5.87. The zero-order chi connectivity index (χ0) is 15.9. The molecule has 0 aliphatic carbocycles. The number of carbonyl (C=O) groups excluding carboxylic acids is 1. The average Bonchev–Trinajstić information content (AvgIpc) is 2.55. The number of ether oxygens (including phenoxy) is 1. The molecule has 22 heavy (non-hydrogen) atoms. The Morgan fingerprint density at radius 1 is 1.09 bits per heavy atom. The van der Waals surface area contributed by atoms with Crippen LogP contribution in [0.25, 0.3) is 0 Å². The van der Waals surface area contributed by atoms with Gasteiger partial charge in [0.2, 0.25) is 0 Å². The molecular weight excluding hydrogens is 280 g/mol. The van der Waals surface area contributed by atoms with Crippen LogP contribution in [0.3, 0.4) is 0 Å². The first-order chi connectivity index (χ1) is 10.7. The van der Waals surface area contributed by atoms with Gasteiger partial charge in [0.05, 0.1) is 5.56 Å². The van der Waals surface area contributed by atoms with Gasteiger partial charge >= 0.3 is 0 Å². The van der Waals surface area contributed by atoms with E-state index in [-0.39, 0.29) is 11.6 Å². The van der Waals surface area contributed by atoms with Crippen LogP contribution in [0.2, 0.25) is 0 Å². The number of rotatable bonds is 5. The third-order valence-electron chi connectivity index (χ3n) is 3.02. The molecule has 5 nitrogen and oxygen atoms in total. The van der Waals surface area contributed by atoms with Crippen LogP contribution in [-0.4, -0.2) is 25.8 Å². The van der Waals surface area contributed by atoms with Crippen LogP contribution in [0.1, 0.15) is 11.1 Å². The van der Waals surface area contributed by atoms with Crippen LogP contribution in [0, 0.1) is 6.92 Å². The number of likely N-dealkylation sites (N-methyl/N-ethyl adjacent to an activating group) is 1. The van der Waals surface area contributed by atoms with Crippen LogP contribution in [-0.2, 0) is 9.63 Å². The first-order valence-corrected chi connectivity index (χ1v) is 6.83. The molecule has 0 fully saturated rings. The first kappa shape index (κ1) is 15.6. The Morgan fingerprint density at radius 2 is 1.77 bits per heavy atom. The maximum Gasteiger partial charge on any atom is 0.273 e. The second kappa shape index (κ2) is 7.26. The lowest BCUT2D eigenvalue weighted by atomic mass is 10.1. The third-order valence-corrected chi connectivity index (χ3v) is 3.02. The lowest BCUT2D eigenvalue weighted by Gasteiger charge is -2.12. The van der Waals surface area contributed by atoms with E-state index in [2.05, 4.69) is 10.5 Å². The Hall–Kier alpha value is -2.82. The summed E-state index contributed by atoms with van der Waals surface area (Å²) in [5, 5.41) is 6.35. The van der Waals surface area contributed by atoms with Gasteiger partial charge in [-0.05, 0) is 31.2 Å². The molecule has 0 bridgehead atoms. The highest BCUT2D eigenvalue weighted by atomic mass is 16.6. The molecule has 0 saturated carbocycles. The molecule has 2 aromatic carbocycles. The zero-order valence-electron chi connectivity index (χ0n) is 12.8. The minimum absolute atomic E-state index is 0.160. The van der Waals surface area contributed by atoms with E-state index in [0.29, 0.717) is 17.1 Å². The van der Waals surface area contributed by atoms with Gasteiger partial charge in [0.1, 0.15) is 18.6 Å². The summed E-state index contributed by atoms with van der Waals surface area (Å²) in [6, 6.07) is 14.9. The highest BCUT2D eigenvalue weighted by molar-refractivity contribution is 6.45. The molecule has 5 heteroatoms. The standard InChI is InChI=1S/C17H18N2O3/c1-12-8-10-13(11-9-12)22-15-7-5-4-6-14(15)16(19-21-3)17(20)18-2/h4-11H,1-3H3,(H,18,20)/b19-16+. The van der Waals surface area contributed by atoms with Crippen LogP contribution in [0.4, 0.5) is 0 Å². The number of amides is 1. The van der Waals surface area contributed by atoms with Crippen molar-refractivity contribution < 1.29 is 14.4 Å². The molecule has 0 aliphatic rings. The maximum absolute atomic E-state index is 12.0. The molecule has 2 aromatic rings. The molecule has 0 heterocycles. The number of nitrogens with one attached hydrogen (secondary N) is 1. The van der Waals surface area contributed by atoms with E-state index in [4.69, 9.17) is 9.57 Å². The Kier molecular flexibility index (Phi) is 5.14. The highest BCUT2D eigenvalue weighted by Crippen LogP contribution is 2.26. The molecular formula is C17H18N2O3. The van der Waals surface area contributed by atoms with Crippen LogP contribution >= 0.6 is 0 Å². The number of aryl methyl sites for hydroxylation is 1. The number of nitrogens with zero attached hydrogens (tertiary/aromatic N) is 1. The van der Waals surface area contributed by atoms with Crippen molar-refractivity contribution in [3.05, 3.63) is 59.7 Å². The first-order valence-electron chi connectivity index (χ1n) is 6.83. The fraction of sp³-hybridized carbons (Fsp3) is 0.176. The van der Waals surface area contributed by atoms with Gasteiger partial charge in [-0.2, -0.15) is 0 Å². The lowest BCUT2D eigenvalue weighted by molar-refractivity contribution is -0.114. The van der Waals surface area contributed by atoms with Crippen molar-refractivity contribution in [3.63, 3.8) is 0 Å². The van der Waals surface area contributed by atoms with Crippen LogP contribution in [0.15, 0.2) is 53.7 Å². The molecule has 1 N–H and O–H groups in total. The van der Waals surface area contributed by atoms with E-state index in [1.165, 1.54) is 14.2 Å². The van der Waals surface area contributed by atoms with Gasteiger partial charge in [-0.15, -0.1) is 0 Å². The fourth-order valence-electron chi connectivity index (χ4n) is 1.91. The van der Waals surface area contributed by atoms with Crippen molar-refractivity contribution in [2.75, 3.05) is 14.2 Å². The number of para-hydroxylation sites is 1. The number of hydrogen-bond donors (Lipinski definition) is 1. The molecule has 0 aliphatic heterocycles. The predicted octanol–water partition coefficient (Wildman–Crippen LogP) is 2.88. The van der Waals surface area contributed by atoms with Gasteiger partial charge in [-0.25, -0.2) is 0 Å². The molecule has 0 radical (unpaired) electrons. The highest BCUT2D eigenvalue weighted by Gasteiger charge is 2.18. The normalized spacial score (nSPS) is 11.0. The van der Waals surface area contributed by atoms with Crippen molar-refractivity contribution in [1.82, 2.24) is 5.32 Å². The van der Waals surface area contributed by atoms with Gasteiger partial charge in [-0.1, -0.05) is 35.0 Å². The minimum Gasteiger partial charge on any atom is -0.457 e. The van der Waals surface area contributed by atoms with Crippen molar-refractivity contribution >= 4 is 11.6 Å². The van der Waals surface area contributed by atoms with Crippen molar-refractivity contribution in [2.45, 2.75) is 6.92 Å². The number of carbonyl (C=O) groups is 1. The van der Waals surface area contributed by atoms with Gasteiger partial charge in [0, 0.05) is 7.05 Å². The summed E-state index contributed by atoms with van der Waals surface area (Å²) in [6.07, 6.45) is 0. The topological polar surface area (TPSA) is 59.9 Å². The number of hydrogen-bond acceptors (Lipinski definition) is 4. The molecule has 2 rings (SSSR count). The van der Waals surface area contributed by atoms with E-state index < -0.39 is 0 Å². The van der Waals surface area contributed by atoms with Crippen molar-refractivity contribution in [2.24, 2.45) is 5.16 Å². The Balaban J connectivity index is 2.39. The summed E-state index contributed by atoms with van der Waals surface area (Å²) in [4.78, 5) is 16.7. The number of benzene rings is 2. The van der Waals surface area contributed by atoms with E-state index in [1.807, 2.05) is 43.3 Å². The van der Waals surface area contributed by atoms with E-state index in [0.717, 1.165) is 5.56 Å². The van der Waals surface area contributed by atoms with Gasteiger partial charge in [0.15, 0.2) is 5.71 Å². The third kappa shape index (κ3) is 3.63. The average molecular weight is 298 g/mol. The Bertz CT molecular complexity index is 679. The molecule has 0 spiro atoms. The van der Waals surface area contributed by atoms with E-state index in [9.17, 15) is 4.79 Å². The number of oxime groups is 1. The van der Waals surface area contributed by atoms with Gasteiger partial charge in [-0.3, -0.25) is 4.79 Å². The summed E-state index contributed by atoms with van der Waals surface area (Å²) in [6.45, 7) is 2.01. The second-order valence-corrected chi connectivity index (χ2v) is 4.61. The summed E-state index contributed by atoms with van der Waals surface area (Å²) in [5.41, 5.74) is 1.87. The van der Waals surface area contributed by atoms with Crippen molar-refractivity contribution in [1.29, 1.82) is 0 Å². The molecule has 0 atom stereocenters. The lowest BCUT2D eigenvalue weighted by Crippen LogP contribution is -2.28. The molecule has 114 valence electrons. The maximum atomic E-state index is 12.0. The van der Waals surface area contributed by atoms with Gasteiger partial charge in [0.25, 0.3) is 5.91 Å². The van der Waals surface area contributed by atoms with Crippen molar-refractivity contribution in [3.8, 4) is 11.5 Å². The monoisotopic (exact) mass is 298 g/mol. The molecule has 0 aromatic heterocycles. The predicted molar refractivity (Wildman–Crippen MR) is 85.3 cm³/mol. The van der Waals surface area contributed by atoms with Crippen LogP contribution in [0.5, 0.6) is 11.5 Å². The quantitative estimate of drug-likeness (QED) is 0.682. The van der Waals surface area contributed by atoms with Gasteiger partial charge < -0.3 is 14.9 Å². The zero-order valence-corrected chi connectivity index (χ0v) is 12.8. The second-order valence-electron chi connectivity index (χ2n) is 4.61. The van der Waals surface area contributed by atoms with E-state index in [1.54, 1.807) is 12.1 Å².